The van der Waals surface area contributed by atoms with E-state index in [4.69, 9.17) is 16.3 Å². The molecule has 3 nitrogen and oxygen atoms in total. The summed E-state index contributed by atoms with van der Waals surface area (Å²) in [5.41, 5.74) is 2.86. The molecule has 4 heteroatoms. The zero-order chi connectivity index (χ0) is 13.9. The molecule has 0 radical (unpaired) electrons. The van der Waals surface area contributed by atoms with Gasteiger partial charge in [0.25, 0.3) is 0 Å². The lowest BCUT2D eigenvalue weighted by Gasteiger charge is -2.16. The lowest BCUT2D eigenvalue weighted by molar-refractivity contribution is 0.0973. The van der Waals surface area contributed by atoms with Crippen molar-refractivity contribution in [1.29, 1.82) is 0 Å². The Morgan fingerprint density at radius 3 is 2.85 bits per heavy atom. The number of nitrogens with zero attached hydrogens (tertiary/aromatic N) is 1. The molecule has 0 saturated heterocycles. The highest BCUT2D eigenvalue weighted by molar-refractivity contribution is 6.32. The summed E-state index contributed by atoms with van der Waals surface area (Å²) in [6.45, 7) is 0.722. The second-order valence-electron chi connectivity index (χ2n) is 5.06. The second-order valence-corrected chi connectivity index (χ2v) is 5.49. The summed E-state index contributed by atoms with van der Waals surface area (Å²) in [6.07, 6.45) is 0.529. The molecule has 0 amide bonds. The minimum absolute atomic E-state index is 0.176. The second kappa shape index (κ2) is 4.00. The molecule has 0 N–H and O–H groups in total. The van der Waals surface area contributed by atoms with Gasteiger partial charge in [-0.3, -0.25) is 4.79 Å². The van der Waals surface area contributed by atoms with Crippen LogP contribution in [0.25, 0.3) is 21.8 Å². The summed E-state index contributed by atoms with van der Waals surface area (Å²) < 4.78 is 7.54. The number of hydrogen-bond acceptors (Lipinski definition) is 2. The molecule has 0 bridgehead atoms. The van der Waals surface area contributed by atoms with Gasteiger partial charge in [0.1, 0.15) is 5.75 Å². The van der Waals surface area contributed by atoms with Gasteiger partial charge in [-0.25, -0.2) is 0 Å². The van der Waals surface area contributed by atoms with Crippen molar-refractivity contribution in [2.45, 2.75) is 13.0 Å². The maximum atomic E-state index is 12.2. The van der Waals surface area contributed by atoms with E-state index in [1.54, 1.807) is 7.11 Å². The van der Waals surface area contributed by atoms with Gasteiger partial charge in [-0.05, 0) is 30.3 Å². The van der Waals surface area contributed by atoms with Crippen LogP contribution in [0.15, 0.2) is 30.3 Å². The fraction of sp³-hybridized carbons (Fsp3) is 0.188. The Morgan fingerprint density at radius 2 is 2.05 bits per heavy atom. The number of carbonyl (C=O) groups excluding carboxylic acids is 1. The third kappa shape index (κ3) is 1.44. The van der Waals surface area contributed by atoms with Crippen molar-refractivity contribution in [2.24, 2.45) is 0 Å². The largest absolute Gasteiger partial charge is 0.497 e. The molecule has 0 spiro atoms. The average molecular weight is 286 g/mol. The van der Waals surface area contributed by atoms with E-state index >= 15 is 0 Å². The molecule has 20 heavy (non-hydrogen) atoms. The highest BCUT2D eigenvalue weighted by atomic mass is 35.5. The third-order valence-electron chi connectivity index (χ3n) is 3.99. The normalized spacial score (nSPS) is 14.2. The first-order valence-electron chi connectivity index (χ1n) is 6.52. The number of hydrogen-bond donors (Lipinski definition) is 0. The number of aromatic nitrogens is 1. The predicted molar refractivity (Wildman–Crippen MR) is 80.0 cm³/mol. The number of ketones is 1. The zero-order valence-electron chi connectivity index (χ0n) is 10.9. The number of rotatable bonds is 1. The van der Waals surface area contributed by atoms with Gasteiger partial charge in [-0.2, -0.15) is 0 Å². The summed E-state index contributed by atoms with van der Waals surface area (Å²) in [4.78, 5) is 12.2. The summed E-state index contributed by atoms with van der Waals surface area (Å²) in [6, 6.07) is 9.67. The van der Waals surface area contributed by atoms with Crippen LogP contribution in [-0.2, 0) is 6.54 Å². The molecule has 100 valence electrons. The fourth-order valence-corrected chi connectivity index (χ4v) is 3.27. The lowest BCUT2D eigenvalue weighted by Crippen LogP contribution is -2.14. The van der Waals surface area contributed by atoms with E-state index in [2.05, 4.69) is 4.57 Å². The smallest absolute Gasteiger partial charge is 0.166 e. The van der Waals surface area contributed by atoms with Crippen LogP contribution in [-0.4, -0.2) is 17.5 Å². The molecule has 2 aromatic carbocycles. The van der Waals surface area contributed by atoms with Crippen molar-refractivity contribution < 1.29 is 9.53 Å². The number of Topliss-reactive ketones (excluding diaryl/α,β-unsaturated/α-hetero) is 1. The van der Waals surface area contributed by atoms with Crippen molar-refractivity contribution in [3.8, 4) is 5.75 Å². The zero-order valence-corrected chi connectivity index (χ0v) is 11.7. The first-order chi connectivity index (χ1) is 9.69. The fourth-order valence-electron chi connectivity index (χ4n) is 3.09. The molecule has 0 fully saturated rings. The van der Waals surface area contributed by atoms with Crippen LogP contribution in [0, 0.1) is 0 Å². The summed E-state index contributed by atoms with van der Waals surface area (Å²) in [5.74, 6) is 0.886. The molecule has 0 aliphatic carbocycles. The monoisotopic (exact) mass is 285 g/mol. The quantitative estimate of drug-likeness (QED) is 0.675. The first kappa shape index (κ1) is 11.8. The Morgan fingerprint density at radius 1 is 1.20 bits per heavy atom. The molecule has 4 rings (SSSR count). The van der Waals surface area contributed by atoms with Crippen molar-refractivity contribution >= 4 is 39.2 Å². The minimum atomic E-state index is 0.176. The van der Waals surface area contributed by atoms with E-state index in [0.29, 0.717) is 17.2 Å². The van der Waals surface area contributed by atoms with Crippen LogP contribution >= 0.6 is 11.6 Å². The van der Waals surface area contributed by atoms with Crippen LogP contribution < -0.4 is 4.74 Å². The van der Waals surface area contributed by atoms with Crippen molar-refractivity contribution in [3.63, 3.8) is 0 Å². The number of halogens is 1. The Labute approximate surface area is 120 Å². The minimum Gasteiger partial charge on any atom is -0.497 e. The highest BCUT2D eigenvalue weighted by Gasteiger charge is 2.23. The maximum Gasteiger partial charge on any atom is 0.166 e. The topological polar surface area (TPSA) is 31.2 Å². The van der Waals surface area contributed by atoms with Gasteiger partial charge in [-0.1, -0.05) is 11.6 Å². The summed E-state index contributed by atoms with van der Waals surface area (Å²) >= 11 is 6.12. The standard InChI is InChI=1S/C16H12ClNO2/c1-20-10-7-12-11-6-9(17)2-3-14(11)18-5-4-15(19)13(8-10)16(12)18/h2-3,6-8H,4-5H2,1H3. The molecule has 2 heterocycles. The molecule has 3 aromatic rings. The van der Waals surface area contributed by atoms with Crippen LogP contribution in [0.5, 0.6) is 5.75 Å². The molecular weight excluding hydrogens is 274 g/mol. The van der Waals surface area contributed by atoms with Gasteiger partial charge in [-0.15, -0.1) is 0 Å². The van der Waals surface area contributed by atoms with Crippen molar-refractivity contribution in [1.82, 2.24) is 4.57 Å². The number of methoxy groups -OCH3 is 1. The predicted octanol–water partition coefficient (Wildman–Crippen LogP) is 4.04. The van der Waals surface area contributed by atoms with Gasteiger partial charge in [0.05, 0.1) is 12.6 Å². The molecule has 0 saturated carbocycles. The number of fused-ring (bicyclic) bond motifs is 3. The van der Waals surface area contributed by atoms with Crippen molar-refractivity contribution in [3.05, 3.63) is 40.9 Å². The molecular formula is C16H12ClNO2. The Hall–Kier alpha value is -2.00. The van der Waals surface area contributed by atoms with Gasteiger partial charge in [0.15, 0.2) is 5.78 Å². The number of aryl methyl sites for hydroxylation is 1. The van der Waals surface area contributed by atoms with E-state index in [-0.39, 0.29) is 5.78 Å². The van der Waals surface area contributed by atoms with Crippen LogP contribution in [0.1, 0.15) is 16.8 Å². The van der Waals surface area contributed by atoms with E-state index < -0.39 is 0 Å². The molecule has 0 unspecified atom stereocenters. The molecule has 1 aromatic heterocycles. The number of carbonyl (C=O) groups is 1. The average Bonchev–Trinajstić information content (AvgIpc) is 2.77. The summed E-state index contributed by atoms with van der Waals surface area (Å²) in [5, 5.41) is 2.80. The van der Waals surface area contributed by atoms with Crippen LogP contribution in [0.3, 0.4) is 0 Å². The third-order valence-corrected chi connectivity index (χ3v) is 4.23. The van der Waals surface area contributed by atoms with E-state index in [1.807, 2.05) is 30.3 Å². The number of ether oxygens (including phenoxy) is 1. The van der Waals surface area contributed by atoms with Gasteiger partial charge in [0.2, 0.25) is 0 Å². The van der Waals surface area contributed by atoms with Gasteiger partial charge in [0, 0.05) is 39.8 Å². The van der Waals surface area contributed by atoms with Crippen molar-refractivity contribution in [2.75, 3.05) is 7.11 Å². The molecule has 1 aliphatic rings. The Bertz CT molecular complexity index is 879. The van der Waals surface area contributed by atoms with Crippen LogP contribution in [0.4, 0.5) is 0 Å². The molecule has 1 aliphatic heterocycles. The van der Waals surface area contributed by atoms with Gasteiger partial charge < -0.3 is 9.30 Å². The van der Waals surface area contributed by atoms with E-state index in [9.17, 15) is 4.79 Å². The SMILES string of the molecule is COc1cc2c3c(c1)c1cc(Cl)ccc1n3CCC2=O. The summed E-state index contributed by atoms with van der Waals surface area (Å²) in [7, 11) is 1.62. The number of benzene rings is 2. The van der Waals surface area contributed by atoms with Gasteiger partial charge >= 0.3 is 0 Å². The first-order valence-corrected chi connectivity index (χ1v) is 6.89. The molecule has 0 atom stereocenters. The Balaban J connectivity index is 2.27. The lowest BCUT2D eigenvalue weighted by atomic mass is 10.0. The Kier molecular flexibility index (Phi) is 2.36. The van der Waals surface area contributed by atoms with E-state index in [0.717, 1.165) is 33.9 Å². The maximum absolute atomic E-state index is 12.2. The van der Waals surface area contributed by atoms with E-state index in [1.165, 1.54) is 0 Å². The van der Waals surface area contributed by atoms with Crippen LogP contribution in [0.2, 0.25) is 5.02 Å². The highest BCUT2D eigenvalue weighted by Crippen LogP contribution is 2.38.